The Morgan fingerprint density at radius 2 is 1.88 bits per heavy atom. The number of aromatic hydroxyl groups is 1. The lowest BCUT2D eigenvalue weighted by molar-refractivity contribution is -0.432. The summed E-state index contributed by atoms with van der Waals surface area (Å²) in [6.45, 7) is 1.18. The van der Waals surface area contributed by atoms with Crippen LogP contribution in [0.5, 0.6) is 11.5 Å². The third-order valence-electron chi connectivity index (χ3n) is 4.23. The minimum atomic E-state index is -4.65. The number of nitrogens with one attached hydrogen (secondary N) is 1. The van der Waals surface area contributed by atoms with Crippen molar-refractivity contribution in [3.8, 4) is 11.5 Å². The Morgan fingerprint density at radius 1 is 1.15 bits per heavy atom. The summed E-state index contributed by atoms with van der Waals surface area (Å²) < 4.78 is 42.5. The van der Waals surface area contributed by atoms with Crippen molar-refractivity contribution >= 4 is 55.9 Å². The Balaban J connectivity index is 2.30. The highest BCUT2D eigenvalue weighted by atomic mass is 32.2. The van der Waals surface area contributed by atoms with Crippen molar-refractivity contribution < 1.29 is 42.2 Å². The van der Waals surface area contributed by atoms with Crippen molar-refractivity contribution in [3.63, 3.8) is 0 Å². The summed E-state index contributed by atoms with van der Waals surface area (Å²) in [7, 11) is -3.20. The molecule has 0 heterocycles. The summed E-state index contributed by atoms with van der Waals surface area (Å²) in [5.74, 6) is -0.654. The van der Waals surface area contributed by atoms with E-state index in [0.717, 1.165) is 12.1 Å². The van der Waals surface area contributed by atoms with Crippen LogP contribution in [0.25, 0.3) is 10.8 Å². The lowest BCUT2D eigenvalue weighted by Gasteiger charge is -2.14. The predicted octanol–water partition coefficient (Wildman–Crippen LogP) is 4.60. The molecule has 3 aromatic rings. The Morgan fingerprint density at radius 3 is 2.52 bits per heavy atom. The van der Waals surface area contributed by atoms with E-state index in [1.165, 1.54) is 20.1 Å². The van der Waals surface area contributed by atoms with Gasteiger partial charge in [-0.05, 0) is 35.7 Å². The summed E-state index contributed by atoms with van der Waals surface area (Å²) in [5.41, 5.74) is 0.0787. The molecule has 0 bridgehead atoms. The highest BCUT2D eigenvalue weighted by molar-refractivity contribution is 7.94. The standard InChI is InChI=1S/C19H17N3O9S2/c1-10(23)20-14-9-12(33(26,27)28)7-11-8-16(32-31-30-25)18(19(24)17(11)14)22-21-13-5-3-4-6-15(13)29-2/h3-9,24-25H,1-2H3,(H,20,23)(H,26,27,28). The van der Waals surface area contributed by atoms with Gasteiger partial charge in [0.2, 0.25) is 5.91 Å². The summed E-state index contributed by atoms with van der Waals surface area (Å²) in [6, 6.07) is 10.1. The molecule has 0 unspecified atom stereocenters. The minimum absolute atomic E-state index is 0.0147. The number of hydrogen-bond donors (Lipinski definition) is 4. The average Bonchev–Trinajstić information content (AvgIpc) is 2.75. The van der Waals surface area contributed by atoms with Gasteiger partial charge in [0.1, 0.15) is 17.1 Å². The molecule has 0 aliphatic carbocycles. The molecule has 14 heteroatoms. The van der Waals surface area contributed by atoms with Gasteiger partial charge in [-0.1, -0.05) is 17.2 Å². The smallest absolute Gasteiger partial charge is 0.294 e. The van der Waals surface area contributed by atoms with E-state index < -0.39 is 26.7 Å². The van der Waals surface area contributed by atoms with Crippen LogP contribution in [0.1, 0.15) is 6.92 Å². The zero-order valence-electron chi connectivity index (χ0n) is 17.0. The van der Waals surface area contributed by atoms with Crippen LogP contribution in [0.2, 0.25) is 0 Å². The summed E-state index contributed by atoms with van der Waals surface area (Å²) in [6.07, 6.45) is 0. The molecular weight excluding hydrogens is 478 g/mol. The number of para-hydroxylation sites is 1. The predicted molar refractivity (Wildman–Crippen MR) is 118 cm³/mol. The third-order valence-corrected chi connectivity index (χ3v) is 5.68. The van der Waals surface area contributed by atoms with E-state index in [9.17, 15) is 22.9 Å². The van der Waals surface area contributed by atoms with Crippen LogP contribution in [0.3, 0.4) is 0 Å². The van der Waals surface area contributed by atoms with Crippen LogP contribution in [-0.2, 0) is 24.3 Å². The molecule has 12 nitrogen and oxygen atoms in total. The molecule has 3 aromatic carbocycles. The molecule has 0 aliphatic rings. The molecule has 0 spiro atoms. The first kappa shape index (κ1) is 24.4. The number of ether oxygens (including phenoxy) is 1. The lowest BCUT2D eigenvalue weighted by atomic mass is 10.1. The Labute approximate surface area is 191 Å². The lowest BCUT2D eigenvalue weighted by Crippen LogP contribution is -2.08. The molecule has 0 radical (unpaired) electrons. The largest absolute Gasteiger partial charge is 0.505 e. The number of phenolic OH excluding ortho intramolecular Hbond substituents is 1. The maximum atomic E-state index is 11.7. The second-order valence-electron chi connectivity index (χ2n) is 6.39. The van der Waals surface area contributed by atoms with Crippen LogP contribution in [0, 0.1) is 0 Å². The van der Waals surface area contributed by atoms with Gasteiger partial charge in [0, 0.05) is 12.3 Å². The second-order valence-corrected chi connectivity index (χ2v) is 8.56. The fraction of sp³-hybridized carbons (Fsp3) is 0.105. The number of rotatable bonds is 8. The van der Waals surface area contributed by atoms with Crippen molar-refractivity contribution in [2.24, 2.45) is 10.2 Å². The topological polar surface area (TPSA) is 176 Å². The molecule has 0 aliphatic heterocycles. The number of fused-ring (bicyclic) bond motifs is 1. The van der Waals surface area contributed by atoms with Crippen LogP contribution in [0.4, 0.5) is 17.1 Å². The first-order valence-corrected chi connectivity index (χ1v) is 11.1. The Bertz CT molecular complexity index is 1340. The van der Waals surface area contributed by atoms with Gasteiger partial charge >= 0.3 is 0 Å². The Hall–Kier alpha value is -3.27. The first-order chi connectivity index (χ1) is 15.7. The molecule has 3 rings (SSSR count). The summed E-state index contributed by atoms with van der Waals surface area (Å²) >= 11 is 0.438. The van der Waals surface area contributed by atoms with Gasteiger partial charge in [0.25, 0.3) is 10.1 Å². The number of carbonyl (C=O) groups excluding carboxylic acids is 1. The molecule has 1 amide bonds. The van der Waals surface area contributed by atoms with Crippen molar-refractivity contribution in [2.45, 2.75) is 16.7 Å². The fourth-order valence-corrected chi connectivity index (χ4v) is 3.96. The number of carbonyl (C=O) groups is 1. The highest BCUT2D eigenvalue weighted by Crippen LogP contribution is 2.47. The van der Waals surface area contributed by atoms with Crippen molar-refractivity contribution in [1.82, 2.24) is 0 Å². The van der Waals surface area contributed by atoms with Crippen molar-refractivity contribution in [2.75, 3.05) is 12.4 Å². The number of hydrogen-bond acceptors (Lipinski definition) is 11. The highest BCUT2D eigenvalue weighted by Gasteiger charge is 2.22. The Kier molecular flexibility index (Phi) is 7.47. The zero-order chi connectivity index (χ0) is 24.2. The number of azo groups is 1. The van der Waals surface area contributed by atoms with Crippen LogP contribution >= 0.6 is 12.0 Å². The van der Waals surface area contributed by atoms with E-state index in [0.29, 0.717) is 23.5 Å². The number of anilines is 1. The van der Waals surface area contributed by atoms with Gasteiger partial charge in [-0.3, -0.25) is 9.35 Å². The van der Waals surface area contributed by atoms with E-state index in [4.69, 9.17) is 9.99 Å². The van der Waals surface area contributed by atoms with E-state index in [1.54, 1.807) is 24.3 Å². The van der Waals surface area contributed by atoms with Crippen molar-refractivity contribution in [1.29, 1.82) is 0 Å². The number of amides is 1. The monoisotopic (exact) mass is 495 g/mol. The molecule has 0 atom stereocenters. The molecule has 0 saturated carbocycles. The van der Waals surface area contributed by atoms with Gasteiger partial charge in [-0.25, -0.2) is 5.26 Å². The number of methoxy groups -OCH3 is 1. The molecule has 0 fully saturated rings. The normalized spacial score (nSPS) is 11.8. The van der Waals surface area contributed by atoms with Crippen LogP contribution in [0.15, 0.2) is 62.5 Å². The SMILES string of the molecule is COc1ccccc1N=Nc1c(SOOO)cc2cc(S(=O)(=O)O)cc(NC(C)=O)c2c1O. The number of nitrogens with zero attached hydrogens (tertiary/aromatic N) is 2. The van der Waals surface area contributed by atoms with Gasteiger partial charge < -0.3 is 15.2 Å². The molecular formula is C19H17N3O9S2. The van der Waals surface area contributed by atoms with Gasteiger partial charge in [-0.2, -0.15) is 8.42 Å². The van der Waals surface area contributed by atoms with E-state index in [2.05, 4.69) is 24.9 Å². The van der Waals surface area contributed by atoms with Gasteiger partial charge in [-0.15, -0.1) is 14.6 Å². The van der Waals surface area contributed by atoms with Crippen LogP contribution in [-0.4, -0.2) is 36.4 Å². The molecule has 0 saturated heterocycles. The molecule has 174 valence electrons. The molecule has 33 heavy (non-hydrogen) atoms. The maximum absolute atomic E-state index is 11.7. The quantitative estimate of drug-likeness (QED) is 0.113. The number of benzene rings is 3. The van der Waals surface area contributed by atoms with Gasteiger partial charge in [0.05, 0.1) is 34.6 Å². The first-order valence-electron chi connectivity index (χ1n) is 8.94. The van der Waals surface area contributed by atoms with Crippen molar-refractivity contribution in [3.05, 3.63) is 42.5 Å². The van der Waals surface area contributed by atoms with E-state index in [-0.39, 0.29) is 27.0 Å². The second kappa shape index (κ2) is 10.1. The van der Waals surface area contributed by atoms with Gasteiger partial charge in [0.15, 0.2) is 5.75 Å². The third kappa shape index (κ3) is 5.57. The molecule has 4 N–H and O–H groups in total. The minimum Gasteiger partial charge on any atom is -0.505 e. The van der Waals surface area contributed by atoms with Crippen LogP contribution < -0.4 is 10.1 Å². The van der Waals surface area contributed by atoms with E-state index in [1.807, 2.05) is 0 Å². The molecule has 0 aromatic heterocycles. The average molecular weight is 495 g/mol. The summed E-state index contributed by atoms with van der Waals surface area (Å²) in [4.78, 5) is 11.2. The van der Waals surface area contributed by atoms with E-state index >= 15 is 0 Å². The summed E-state index contributed by atoms with van der Waals surface area (Å²) in [5, 5.41) is 33.8. The zero-order valence-corrected chi connectivity index (χ0v) is 18.7. The number of phenols is 1. The maximum Gasteiger partial charge on any atom is 0.294 e. The fourth-order valence-electron chi connectivity index (χ4n) is 2.93.